The first-order chi connectivity index (χ1) is 3.81. The Morgan fingerprint density at radius 1 is 1.62 bits per heavy atom. The van der Waals surface area contributed by atoms with Gasteiger partial charge >= 0.3 is 0 Å². The van der Waals surface area contributed by atoms with Crippen LogP contribution in [0.4, 0.5) is 0 Å². The van der Waals surface area contributed by atoms with Crippen LogP contribution in [0.5, 0.6) is 0 Å². The topological polar surface area (TPSA) is 43.7 Å². The van der Waals surface area contributed by atoms with Crippen molar-refractivity contribution >= 4 is 0 Å². The highest BCUT2D eigenvalue weighted by Gasteiger charge is 1.87. The lowest BCUT2D eigenvalue weighted by Gasteiger charge is -2.06. The summed E-state index contributed by atoms with van der Waals surface area (Å²) in [6.45, 7) is 2.78. The molecule has 0 aliphatic rings. The minimum absolute atomic E-state index is 0.382. The number of rotatable bonds is 3. The van der Waals surface area contributed by atoms with E-state index in [1.165, 1.54) is 6.08 Å². The van der Waals surface area contributed by atoms with Crippen molar-refractivity contribution in [2.45, 2.75) is 6.92 Å². The summed E-state index contributed by atoms with van der Waals surface area (Å²) in [5.74, 6) is 0. The average molecular weight is 117 g/mol. The Balaban J connectivity index is 3.10. The van der Waals surface area contributed by atoms with Crippen molar-refractivity contribution in [2.75, 3.05) is 13.1 Å². The van der Waals surface area contributed by atoms with Crippen molar-refractivity contribution in [1.29, 1.82) is 0 Å². The van der Waals surface area contributed by atoms with E-state index in [1.807, 2.05) is 6.92 Å². The van der Waals surface area contributed by atoms with Crippen molar-refractivity contribution in [2.24, 2.45) is 0 Å². The molecule has 3 heteroatoms. The molecule has 0 saturated carbocycles. The Morgan fingerprint density at radius 2 is 2.25 bits per heavy atom. The molecule has 0 radical (unpaired) electrons. The van der Waals surface area contributed by atoms with E-state index in [4.69, 9.17) is 10.3 Å². The van der Waals surface area contributed by atoms with Gasteiger partial charge in [0.05, 0.1) is 6.26 Å². The number of aliphatic hydroxyl groups is 1. The van der Waals surface area contributed by atoms with Crippen LogP contribution in [0.3, 0.4) is 0 Å². The Bertz CT molecular complexity index is 72.8. The highest BCUT2D eigenvalue weighted by atomic mass is 16.5. The highest BCUT2D eigenvalue weighted by molar-refractivity contribution is 4.72. The lowest BCUT2D eigenvalue weighted by molar-refractivity contribution is -0.0755. The number of nitrogens with zero attached hydrogens (tertiary/aromatic N) is 1. The van der Waals surface area contributed by atoms with Crippen molar-refractivity contribution in [3.63, 3.8) is 0 Å². The summed E-state index contributed by atoms with van der Waals surface area (Å²) >= 11 is 0. The zero-order valence-corrected chi connectivity index (χ0v) is 4.91. The van der Waals surface area contributed by atoms with E-state index in [1.54, 1.807) is 0 Å². The van der Waals surface area contributed by atoms with Crippen molar-refractivity contribution in [1.82, 2.24) is 5.06 Å². The molecule has 0 atom stereocenters. The fourth-order valence-corrected chi connectivity index (χ4v) is 0.298. The Kier molecular flexibility index (Phi) is 4.30. The van der Waals surface area contributed by atoms with Gasteiger partial charge in [-0.2, -0.15) is 5.06 Å². The number of hydrogen-bond donors (Lipinski definition) is 2. The van der Waals surface area contributed by atoms with E-state index in [-0.39, 0.29) is 0 Å². The molecule has 48 valence electrons. The van der Waals surface area contributed by atoms with Crippen molar-refractivity contribution in [3.8, 4) is 0 Å². The van der Waals surface area contributed by atoms with Gasteiger partial charge in [-0.25, -0.2) is 0 Å². The Morgan fingerprint density at radius 3 is 2.62 bits per heavy atom. The molecular formula is C5H11NO2. The highest BCUT2D eigenvalue weighted by Crippen LogP contribution is 1.78. The zero-order chi connectivity index (χ0) is 6.41. The lowest BCUT2D eigenvalue weighted by atomic mass is 10.6. The molecular weight excluding hydrogens is 106 g/mol. The van der Waals surface area contributed by atoms with Crippen LogP contribution in [-0.2, 0) is 0 Å². The lowest BCUT2D eigenvalue weighted by Crippen LogP contribution is -2.17. The maximum atomic E-state index is 8.66. The third kappa shape index (κ3) is 3.64. The van der Waals surface area contributed by atoms with Crippen LogP contribution in [-0.4, -0.2) is 28.5 Å². The van der Waals surface area contributed by atoms with Gasteiger partial charge in [-0.15, -0.1) is 0 Å². The summed E-state index contributed by atoms with van der Waals surface area (Å²) in [5, 5.41) is 17.8. The number of aliphatic hydroxyl groups excluding tert-OH is 1. The van der Waals surface area contributed by atoms with Gasteiger partial charge in [0.2, 0.25) is 0 Å². The summed E-state index contributed by atoms with van der Waals surface area (Å²) in [7, 11) is 0. The van der Waals surface area contributed by atoms with Gasteiger partial charge in [0.25, 0.3) is 0 Å². The van der Waals surface area contributed by atoms with Gasteiger partial charge < -0.3 is 10.3 Å². The predicted molar refractivity (Wildman–Crippen MR) is 30.8 cm³/mol. The van der Waals surface area contributed by atoms with E-state index < -0.39 is 0 Å². The molecule has 0 spiro atoms. The van der Waals surface area contributed by atoms with Crippen LogP contribution in [0.2, 0.25) is 0 Å². The van der Waals surface area contributed by atoms with Crippen molar-refractivity contribution < 1.29 is 10.3 Å². The zero-order valence-electron chi connectivity index (χ0n) is 4.91. The summed E-state index contributed by atoms with van der Waals surface area (Å²) in [6.07, 6.45) is 2.38. The molecule has 0 fully saturated rings. The fraction of sp³-hybridized carbons (Fsp3) is 0.600. The average Bonchev–Trinajstić information content (AvgIpc) is 1.83. The van der Waals surface area contributed by atoms with Gasteiger partial charge in [0, 0.05) is 13.1 Å². The van der Waals surface area contributed by atoms with Gasteiger partial charge in [-0.05, 0) is 6.08 Å². The second-order valence-electron chi connectivity index (χ2n) is 1.39. The molecule has 0 aliphatic carbocycles. The second kappa shape index (κ2) is 4.61. The molecule has 0 heterocycles. The van der Waals surface area contributed by atoms with E-state index in [2.05, 4.69) is 0 Å². The van der Waals surface area contributed by atoms with Crippen LogP contribution < -0.4 is 0 Å². The van der Waals surface area contributed by atoms with E-state index in [9.17, 15) is 0 Å². The third-order valence-corrected chi connectivity index (χ3v) is 0.787. The predicted octanol–water partition coefficient (Wildman–Crippen LogP) is 0.769. The molecule has 0 aromatic heterocycles. The van der Waals surface area contributed by atoms with Crippen LogP contribution in [0.15, 0.2) is 12.3 Å². The summed E-state index contributed by atoms with van der Waals surface area (Å²) in [5.41, 5.74) is 0. The van der Waals surface area contributed by atoms with Gasteiger partial charge in [0.15, 0.2) is 0 Å². The number of hydrogen-bond acceptors (Lipinski definition) is 3. The van der Waals surface area contributed by atoms with Gasteiger partial charge in [-0.1, -0.05) is 6.92 Å². The van der Waals surface area contributed by atoms with Crippen LogP contribution in [0.1, 0.15) is 6.92 Å². The smallest absolute Gasteiger partial charge is 0.0765 e. The first-order valence-electron chi connectivity index (χ1n) is 2.54. The minimum atomic E-state index is 0.382. The fourth-order valence-electron chi connectivity index (χ4n) is 0.298. The van der Waals surface area contributed by atoms with Gasteiger partial charge in [-0.3, -0.25) is 0 Å². The molecule has 3 nitrogen and oxygen atoms in total. The molecule has 0 amide bonds. The Labute approximate surface area is 48.8 Å². The van der Waals surface area contributed by atoms with Crippen LogP contribution in [0.25, 0.3) is 0 Å². The SMILES string of the molecule is CCN(O)CC=CO. The second-order valence-corrected chi connectivity index (χ2v) is 1.39. The summed E-state index contributed by atoms with van der Waals surface area (Å²) in [4.78, 5) is 0. The molecule has 0 saturated heterocycles. The molecule has 0 aromatic carbocycles. The summed E-state index contributed by atoms with van der Waals surface area (Å²) < 4.78 is 0. The molecule has 0 aromatic rings. The summed E-state index contributed by atoms with van der Waals surface area (Å²) in [6, 6.07) is 0. The van der Waals surface area contributed by atoms with E-state index in [0.29, 0.717) is 13.1 Å². The molecule has 0 bridgehead atoms. The first kappa shape index (κ1) is 7.46. The minimum Gasteiger partial charge on any atom is -0.516 e. The van der Waals surface area contributed by atoms with Crippen molar-refractivity contribution in [3.05, 3.63) is 12.3 Å². The van der Waals surface area contributed by atoms with E-state index >= 15 is 0 Å². The van der Waals surface area contributed by atoms with Gasteiger partial charge in [0.1, 0.15) is 0 Å². The molecule has 8 heavy (non-hydrogen) atoms. The maximum Gasteiger partial charge on any atom is 0.0765 e. The molecule has 0 aliphatic heterocycles. The van der Waals surface area contributed by atoms with Crippen LogP contribution >= 0.6 is 0 Å². The number of hydroxylamine groups is 2. The van der Waals surface area contributed by atoms with Crippen LogP contribution in [0, 0.1) is 0 Å². The normalized spacial score (nSPS) is 11.4. The quantitative estimate of drug-likeness (QED) is 0.424. The van der Waals surface area contributed by atoms with E-state index in [0.717, 1.165) is 11.3 Å². The molecule has 2 N–H and O–H groups in total. The first-order valence-corrected chi connectivity index (χ1v) is 2.54. The third-order valence-electron chi connectivity index (χ3n) is 0.787. The molecule has 0 unspecified atom stereocenters. The largest absolute Gasteiger partial charge is 0.516 e. The maximum absolute atomic E-state index is 8.66. The number of likely N-dealkylation sites (N-methyl/N-ethyl adjacent to an activating group) is 1. The monoisotopic (exact) mass is 117 g/mol. The Hall–Kier alpha value is -0.540. The standard InChI is InChI=1S/C5H11NO2/c1-2-6(8)4-3-5-7/h3,5,7-8H,2,4H2,1H3. The molecule has 0 rings (SSSR count).